The first-order chi connectivity index (χ1) is 7.67. The Morgan fingerprint density at radius 1 is 1.44 bits per heavy atom. The molecule has 1 atom stereocenters. The Labute approximate surface area is 94.3 Å². The van der Waals surface area contributed by atoms with Crippen molar-refractivity contribution in [2.75, 3.05) is 5.32 Å². The lowest BCUT2D eigenvalue weighted by molar-refractivity contribution is -0.138. The zero-order valence-corrected chi connectivity index (χ0v) is 9.14. The number of aliphatic carboxylic acids is 1. The van der Waals surface area contributed by atoms with Crippen LogP contribution in [0.15, 0.2) is 24.3 Å². The van der Waals surface area contributed by atoms with Gasteiger partial charge in [-0.3, -0.25) is 4.79 Å². The molecule has 1 unspecified atom stereocenters. The van der Waals surface area contributed by atoms with Crippen molar-refractivity contribution in [1.82, 2.24) is 0 Å². The summed E-state index contributed by atoms with van der Waals surface area (Å²) in [6.07, 6.45) is 2.13. The molecule has 0 fully saturated rings. The van der Waals surface area contributed by atoms with Crippen LogP contribution in [0.3, 0.4) is 0 Å². The molecule has 4 heteroatoms. The van der Waals surface area contributed by atoms with Gasteiger partial charge in [-0.25, -0.2) is 4.79 Å². The standard InChI is InChI=1S/C12H15NO3/c1-2-3-11(12(15)16)13-10-6-4-9(8-14)5-7-10/h4-8,11,13H,2-3H2,1H3,(H,15,16). The summed E-state index contributed by atoms with van der Waals surface area (Å²) in [5.41, 5.74) is 1.29. The summed E-state index contributed by atoms with van der Waals surface area (Å²) in [5, 5.41) is 11.9. The highest BCUT2D eigenvalue weighted by Crippen LogP contribution is 2.12. The molecule has 4 nitrogen and oxygen atoms in total. The summed E-state index contributed by atoms with van der Waals surface area (Å²) in [5.74, 6) is -0.860. The number of rotatable bonds is 6. The third-order valence-corrected chi connectivity index (χ3v) is 2.26. The Hall–Kier alpha value is -1.84. The third kappa shape index (κ3) is 3.38. The molecule has 0 aliphatic rings. The summed E-state index contributed by atoms with van der Waals surface area (Å²) in [6, 6.07) is 6.14. The third-order valence-electron chi connectivity index (χ3n) is 2.26. The number of carboxylic acid groups (broad SMARTS) is 1. The summed E-state index contributed by atoms with van der Waals surface area (Å²) in [4.78, 5) is 21.3. The van der Waals surface area contributed by atoms with Gasteiger partial charge in [0.05, 0.1) is 0 Å². The Bertz CT molecular complexity index is 359. The first-order valence-corrected chi connectivity index (χ1v) is 5.22. The molecule has 2 N–H and O–H groups in total. The molecule has 0 amide bonds. The maximum atomic E-state index is 10.9. The van der Waals surface area contributed by atoms with Crippen molar-refractivity contribution >= 4 is 17.9 Å². The van der Waals surface area contributed by atoms with Crippen LogP contribution in [0.25, 0.3) is 0 Å². The van der Waals surface area contributed by atoms with E-state index in [1.54, 1.807) is 24.3 Å². The minimum absolute atomic E-state index is 0.574. The van der Waals surface area contributed by atoms with Crippen molar-refractivity contribution in [3.8, 4) is 0 Å². The van der Waals surface area contributed by atoms with Crippen LogP contribution < -0.4 is 5.32 Å². The lowest BCUT2D eigenvalue weighted by Crippen LogP contribution is -2.28. The molecule has 86 valence electrons. The van der Waals surface area contributed by atoms with Gasteiger partial charge in [-0.15, -0.1) is 0 Å². The zero-order chi connectivity index (χ0) is 12.0. The molecule has 0 bridgehead atoms. The van der Waals surface area contributed by atoms with Crippen LogP contribution in [0.4, 0.5) is 5.69 Å². The van der Waals surface area contributed by atoms with Gasteiger partial charge in [0.1, 0.15) is 12.3 Å². The first-order valence-electron chi connectivity index (χ1n) is 5.22. The van der Waals surface area contributed by atoms with E-state index in [0.29, 0.717) is 17.7 Å². The number of carbonyl (C=O) groups is 2. The fourth-order valence-electron chi connectivity index (χ4n) is 1.41. The molecular formula is C12H15NO3. The van der Waals surface area contributed by atoms with Crippen LogP contribution >= 0.6 is 0 Å². The van der Waals surface area contributed by atoms with E-state index in [4.69, 9.17) is 5.11 Å². The van der Waals surface area contributed by atoms with E-state index in [0.717, 1.165) is 12.7 Å². The number of benzene rings is 1. The molecule has 0 saturated carbocycles. The zero-order valence-electron chi connectivity index (χ0n) is 9.14. The van der Waals surface area contributed by atoms with E-state index in [9.17, 15) is 9.59 Å². The van der Waals surface area contributed by atoms with Crippen molar-refractivity contribution in [1.29, 1.82) is 0 Å². The molecule has 1 aromatic carbocycles. The van der Waals surface area contributed by atoms with Crippen LogP contribution in [0, 0.1) is 0 Å². The molecule has 0 aromatic heterocycles. The second kappa shape index (κ2) is 5.90. The van der Waals surface area contributed by atoms with Gasteiger partial charge in [-0.05, 0) is 30.7 Å². The second-order valence-corrected chi connectivity index (χ2v) is 3.56. The van der Waals surface area contributed by atoms with E-state index >= 15 is 0 Å². The number of nitrogens with one attached hydrogen (secondary N) is 1. The Balaban J connectivity index is 2.69. The smallest absolute Gasteiger partial charge is 0.326 e. The van der Waals surface area contributed by atoms with Gasteiger partial charge in [0.25, 0.3) is 0 Å². The largest absolute Gasteiger partial charge is 0.480 e. The summed E-state index contributed by atoms with van der Waals surface area (Å²) >= 11 is 0. The highest BCUT2D eigenvalue weighted by atomic mass is 16.4. The normalized spacial score (nSPS) is 11.8. The first kappa shape index (κ1) is 12.2. The number of hydrogen-bond acceptors (Lipinski definition) is 3. The molecule has 0 radical (unpaired) electrons. The van der Waals surface area contributed by atoms with E-state index in [2.05, 4.69) is 5.32 Å². The Morgan fingerprint density at radius 3 is 2.50 bits per heavy atom. The maximum Gasteiger partial charge on any atom is 0.326 e. The summed E-state index contributed by atoms with van der Waals surface area (Å²) in [6.45, 7) is 1.94. The monoisotopic (exact) mass is 221 g/mol. The SMILES string of the molecule is CCCC(Nc1ccc(C=O)cc1)C(=O)O. The van der Waals surface area contributed by atoms with Crippen molar-refractivity contribution < 1.29 is 14.7 Å². The Morgan fingerprint density at radius 2 is 2.06 bits per heavy atom. The van der Waals surface area contributed by atoms with Crippen LogP contribution in [0.1, 0.15) is 30.1 Å². The summed E-state index contributed by atoms with van der Waals surface area (Å²) in [7, 11) is 0. The average Bonchev–Trinajstić information content (AvgIpc) is 2.29. The van der Waals surface area contributed by atoms with Crippen LogP contribution in [0.2, 0.25) is 0 Å². The van der Waals surface area contributed by atoms with Crippen LogP contribution in [0.5, 0.6) is 0 Å². The highest BCUT2D eigenvalue weighted by Gasteiger charge is 2.15. The van der Waals surface area contributed by atoms with Gasteiger partial charge < -0.3 is 10.4 Å². The second-order valence-electron chi connectivity index (χ2n) is 3.56. The molecule has 0 heterocycles. The van der Waals surface area contributed by atoms with Gasteiger partial charge in [0.15, 0.2) is 0 Å². The number of carbonyl (C=O) groups excluding carboxylic acids is 1. The minimum Gasteiger partial charge on any atom is -0.480 e. The van der Waals surface area contributed by atoms with Crippen LogP contribution in [-0.4, -0.2) is 23.4 Å². The quantitative estimate of drug-likeness (QED) is 0.722. The molecule has 16 heavy (non-hydrogen) atoms. The van der Waals surface area contributed by atoms with Crippen molar-refractivity contribution in [3.63, 3.8) is 0 Å². The molecule has 0 aliphatic heterocycles. The molecule has 1 rings (SSSR count). The van der Waals surface area contributed by atoms with Gasteiger partial charge in [0.2, 0.25) is 0 Å². The van der Waals surface area contributed by atoms with E-state index < -0.39 is 12.0 Å². The molecule has 0 saturated heterocycles. The average molecular weight is 221 g/mol. The molecule has 0 aliphatic carbocycles. The predicted octanol–water partition coefficient (Wildman–Crippen LogP) is 2.16. The minimum atomic E-state index is -0.860. The van der Waals surface area contributed by atoms with Gasteiger partial charge in [-0.2, -0.15) is 0 Å². The molecule has 0 spiro atoms. The molecule has 1 aromatic rings. The van der Waals surface area contributed by atoms with Crippen LogP contribution in [-0.2, 0) is 4.79 Å². The van der Waals surface area contributed by atoms with Crippen molar-refractivity contribution in [3.05, 3.63) is 29.8 Å². The topological polar surface area (TPSA) is 66.4 Å². The van der Waals surface area contributed by atoms with Gasteiger partial charge >= 0.3 is 5.97 Å². The lowest BCUT2D eigenvalue weighted by Gasteiger charge is -2.14. The fourth-order valence-corrected chi connectivity index (χ4v) is 1.41. The Kier molecular flexibility index (Phi) is 4.51. The van der Waals surface area contributed by atoms with E-state index in [1.807, 2.05) is 6.92 Å². The lowest BCUT2D eigenvalue weighted by atomic mass is 10.1. The van der Waals surface area contributed by atoms with Crippen molar-refractivity contribution in [2.24, 2.45) is 0 Å². The van der Waals surface area contributed by atoms with E-state index in [1.165, 1.54) is 0 Å². The number of aldehydes is 1. The van der Waals surface area contributed by atoms with Gasteiger partial charge in [0, 0.05) is 11.3 Å². The van der Waals surface area contributed by atoms with Crippen molar-refractivity contribution in [2.45, 2.75) is 25.8 Å². The fraction of sp³-hybridized carbons (Fsp3) is 0.333. The summed E-state index contributed by atoms with van der Waals surface area (Å²) < 4.78 is 0. The predicted molar refractivity (Wildman–Crippen MR) is 61.8 cm³/mol. The van der Waals surface area contributed by atoms with E-state index in [-0.39, 0.29) is 0 Å². The maximum absolute atomic E-state index is 10.9. The molecular weight excluding hydrogens is 206 g/mol. The number of carboxylic acids is 1. The highest BCUT2D eigenvalue weighted by molar-refractivity contribution is 5.78. The number of hydrogen-bond donors (Lipinski definition) is 2. The number of anilines is 1. The van der Waals surface area contributed by atoms with Gasteiger partial charge in [-0.1, -0.05) is 13.3 Å².